The Kier molecular flexibility index (Phi) is 4.47. The Hall–Kier alpha value is -1.50. The topological polar surface area (TPSA) is 65.5 Å². The van der Waals surface area contributed by atoms with Crippen molar-refractivity contribution in [1.82, 2.24) is 9.88 Å². The van der Waals surface area contributed by atoms with E-state index in [2.05, 4.69) is 10.3 Å². The number of aromatic nitrogens is 1. The van der Waals surface area contributed by atoms with Gasteiger partial charge in [0.2, 0.25) is 5.91 Å². The number of thiazole rings is 1. The average molecular weight is 279 g/mol. The highest BCUT2D eigenvalue weighted by molar-refractivity contribution is 7.22. The predicted molar refractivity (Wildman–Crippen MR) is 77.4 cm³/mol. The number of amides is 1. The maximum atomic E-state index is 12.0. The number of likely N-dealkylation sites (N-methyl/N-ethyl adjacent to an activating group) is 1. The maximum absolute atomic E-state index is 12.0. The summed E-state index contributed by atoms with van der Waals surface area (Å²) in [6.07, 6.45) is 0. The molecular formula is C13H17N3O2S. The molecule has 2 aromatic rings. The van der Waals surface area contributed by atoms with E-state index >= 15 is 0 Å². The van der Waals surface area contributed by atoms with E-state index < -0.39 is 0 Å². The molecule has 6 heteroatoms. The van der Waals surface area contributed by atoms with Gasteiger partial charge in [-0.1, -0.05) is 23.5 Å². The number of anilines is 1. The quantitative estimate of drug-likeness (QED) is 0.871. The highest BCUT2D eigenvalue weighted by Gasteiger charge is 2.18. The lowest BCUT2D eigenvalue weighted by atomic mass is 10.3. The second kappa shape index (κ2) is 6.10. The molecule has 0 aliphatic rings. The van der Waals surface area contributed by atoms with Crippen LogP contribution >= 0.6 is 11.3 Å². The molecule has 0 spiro atoms. The van der Waals surface area contributed by atoms with Crippen LogP contribution in [-0.4, -0.2) is 47.1 Å². The number of rotatable bonds is 5. The molecule has 0 saturated carbocycles. The molecule has 0 fully saturated rings. The first kappa shape index (κ1) is 13.9. The van der Waals surface area contributed by atoms with Crippen LogP contribution in [0.2, 0.25) is 0 Å². The first-order valence-electron chi connectivity index (χ1n) is 6.09. The van der Waals surface area contributed by atoms with Crippen LogP contribution in [0.1, 0.15) is 6.92 Å². The lowest BCUT2D eigenvalue weighted by Gasteiger charge is -2.22. The summed E-state index contributed by atoms with van der Waals surface area (Å²) in [4.78, 5) is 18.2. The zero-order valence-corrected chi connectivity index (χ0v) is 11.8. The standard InChI is InChI=1S/C13H17N3O2S/c1-9(16(2)7-8-17)12(18)15-13-14-10-5-3-4-6-11(10)19-13/h3-6,9,17H,7-8H2,1-2H3,(H,14,15,18). The molecule has 2 rings (SSSR count). The summed E-state index contributed by atoms with van der Waals surface area (Å²) >= 11 is 1.46. The van der Waals surface area contributed by atoms with Crippen LogP contribution in [0.4, 0.5) is 5.13 Å². The molecule has 0 bridgehead atoms. The third kappa shape index (κ3) is 3.28. The third-order valence-corrected chi connectivity index (χ3v) is 3.97. The number of para-hydroxylation sites is 1. The third-order valence-electron chi connectivity index (χ3n) is 3.02. The van der Waals surface area contributed by atoms with Crippen LogP contribution in [0.3, 0.4) is 0 Å². The molecule has 102 valence electrons. The zero-order chi connectivity index (χ0) is 13.8. The number of aliphatic hydroxyl groups excluding tert-OH is 1. The van der Waals surface area contributed by atoms with Crippen molar-refractivity contribution in [2.45, 2.75) is 13.0 Å². The van der Waals surface area contributed by atoms with Crippen molar-refractivity contribution in [1.29, 1.82) is 0 Å². The summed E-state index contributed by atoms with van der Waals surface area (Å²) < 4.78 is 1.05. The minimum atomic E-state index is -0.306. The van der Waals surface area contributed by atoms with Crippen molar-refractivity contribution in [3.05, 3.63) is 24.3 Å². The highest BCUT2D eigenvalue weighted by atomic mass is 32.1. The molecule has 1 aromatic heterocycles. The van der Waals surface area contributed by atoms with E-state index in [-0.39, 0.29) is 18.6 Å². The molecule has 1 aromatic carbocycles. The fourth-order valence-corrected chi connectivity index (χ4v) is 2.56. The molecule has 1 atom stereocenters. The summed E-state index contributed by atoms with van der Waals surface area (Å²) in [5.41, 5.74) is 0.888. The van der Waals surface area contributed by atoms with Crippen LogP contribution in [0, 0.1) is 0 Å². The SMILES string of the molecule is CC(C(=O)Nc1nc2ccccc2s1)N(C)CCO. The van der Waals surface area contributed by atoms with Crippen LogP contribution in [0.5, 0.6) is 0 Å². The van der Waals surface area contributed by atoms with Crippen LogP contribution < -0.4 is 5.32 Å². The average Bonchev–Trinajstić information content (AvgIpc) is 2.80. The Balaban J connectivity index is 2.05. The fraction of sp³-hybridized carbons (Fsp3) is 0.385. The van der Waals surface area contributed by atoms with E-state index in [4.69, 9.17) is 5.11 Å². The van der Waals surface area contributed by atoms with E-state index in [0.717, 1.165) is 10.2 Å². The number of hydrogen-bond donors (Lipinski definition) is 2. The normalized spacial score (nSPS) is 12.8. The van der Waals surface area contributed by atoms with Gasteiger partial charge in [0.15, 0.2) is 5.13 Å². The molecule has 1 amide bonds. The first-order chi connectivity index (χ1) is 9.11. The molecule has 0 aliphatic heterocycles. The Morgan fingerprint density at radius 3 is 2.95 bits per heavy atom. The van der Waals surface area contributed by atoms with E-state index in [1.54, 1.807) is 18.9 Å². The highest BCUT2D eigenvalue weighted by Crippen LogP contribution is 2.25. The van der Waals surface area contributed by atoms with Gasteiger partial charge in [-0.15, -0.1) is 0 Å². The van der Waals surface area contributed by atoms with Crippen LogP contribution in [0.15, 0.2) is 24.3 Å². The molecule has 1 unspecified atom stereocenters. The number of hydrogen-bond acceptors (Lipinski definition) is 5. The van der Waals surface area contributed by atoms with Gasteiger partial charge in [0.05, 0.1) is 22.9 Å². The van der Waals surface area contributed by atoms with E-state index in [9.17, 15) is 4.79 Å². The van der Waals surface area contributed by atoms with Gasteiger partial charge < -0.3 is 10.4 Å². The number of nitrogens with zero attached hydrogens (tertiary/aromatic N) is 2. The Morgan fingerprint density at radius 1 is 1.53 bits per heavy atom. The Bertz CT molecular complexity index is 537. The van der Waals surface area contributed by atoms with Gasteiger partial charge in [0.25, 0.3) is 0 Å². The minimum Gasteiger partial charge on any atom is -0.395 e. The predicted octanol–water partition coefficient (Wildman–Crippen LogP) is 1.55. The van der Waals surface area contributed by atoms with Gasteiger partial charge in [-0.05, 0) is 26.1 Å². The maximum Gasteiger partial charge on any atom is 0.243 e. The van der Waals surface area contributed by atoms with Gasteiger partial charge >= 0.3 is 0 Å². The Morgan fingerprint density at radius 2 is 2.26 bits per heavy atom. The lowest BCUT2D eigenvalue weighted by Crippen LogP contribution is -2.40. The van der Waals surface area contributed by atoms with Crippen LogP contribution in [0.25, 0.3) is 10.2 Å². The number of carbonyl (C=O) groups is 1. The number of carbonyl (C=O) groups excluding carboxylic acids is 1. The molecule has 5 nitrogen and oxygen atoms in total. The van der Waals surface area contributed by atoms with Gasteiger partial charge in [0.1, 0.15) is 0 Å². The van der Waals surface area contributed by atoms with Crippen molar-refractivity contribution >= 4 is 32.6 Å². The second-order valence-electron chi connectivity index (χ2n) is 4.36. The number of nitrogens with one attached hydrogen (secondary N) is 1. The van der Waals surface area contributed by atoms with Crippen molar-refractivity contribution in [3.63, 3.8) is 0 Å². The van der Waals surface area contributed by atoms with Crippen molar-refractivity contribution < 1.29 is 9.90 Å². The fourth-order valence-electron chi connectivity index (χ4n) is 1.69. The summed E-state index contributed by atoms with van der Waals surface area (Å²) in [5, 5.41) is 12.3. The van der Waals surface area contributed by atoms with E-state index in [0.29, 0.717) is 11.7 Å². The van der Waals surface area contributed by atoms with E-state index in [1.807, 2.05) is 24.3 Å². The van der Waals surface area contributed by atoms with Gasteiger partial charge in [-0.25, -0.2) is 4.98 Å². The van der Waals surface area contributed by atoms with Crippen molar-refractivity contribution in [2.75, 3.05) is 25.5 Å². The van der Waals surface area contributed by atoms with E-state index in [1.165, 1.54) is 11.3 Å². The van der Waals surface area contributed by atoms with Crippen LogP contribution in [-0.2, 0) is 4.79 Å². The number of benzene rings is 1. The smallest absolute Gasteiger partial charge is 0.243 e. The molecule has 0 aliphatic carbocycles. The molecule has 19 heavy (non-hydrogen) atoms. The monoisotopic (exact) mass is 279 g/mol. The molecule has 0 saturated heterocycles. The lowest BCUT2D eigenvalue weighted by molar-refractivity contribution is -0.120. The molecule has 0 radical (unpaired) electrons. The summed E-state index contributed by atoms with van der Waals surface area (Å²) in [6.45, 7) is 2.31. The van der Waals surface area contributed by atoms with Gasteiger partial charge in [0, 0.05) is 6.54 Å². The van der Waals surface area contributed by atoms with Gasteiger partial charge in [-0.3, -0.25) is 9.69 Å². The van der Waals surface area contributed by atoms with Gasteiger partial charge in [-0.2, -0.15) is 0 Å². The first-order valence-corrected chi connectivity index (χ1v) is 6.91. The second-order valence-corrected chi connectivity index (χ2v) is 5.39. The molecule has 2 N–H and O–H groups in total. The summed E-state index contributed by atoms with van der Waals surface area (Å²) in [7, 11) is 1.80. The Labute approximate surface area is 115 Å². The molecule has 1 heterocycles. The summed E-state index contributed by atoms with van der Waals surface area (Å²) in [5.74, 6) is -0.116. The van der Waals surface area contributed by atoms with Crippen molar-refractivity contribution in [2.24, 2.45) is 0 Å². The minimum absolute atomic E-state index is 0.0370. The van der Waals surface area contributed by atoms with Crippen molar-refractivity contribution in [3.8, 4) is 0 Å². The largest absolute Gasteiger partial charge is 0.395 e. The zero-order valence-electron chi connectivity index (χ0n) is 11.0. The number of fused-ring (bicyclic) bond motifs is 1. The summed E-state index contributed by atoms with van der Waals surface area (Å²) in [6, 6.07) is 7.46. The number of aliphatic hydroxyl groups is 1. The molecular weight excluding hydrogens is 262 g/mol.